The molecule has 0 aromatic rings. The number of carbonyl (C=O) groups excluding carboxylic acids is 1. The van der Waals surface area contributed by atoms with Crippen LogP contribution >= 0.6 is 0 Å². The van der Waals surface area contributed by atoms with Gasteiger partial charge in [0, 0.05) is 5.92 Å². The number of aliphatic hydroxyl groups is 1. The van der Waals surface area contributed by atoms with Gasteiger partial charge < -0.3 is 10.2 Å². The van der Waals surface area contributed by atoms with Crippen molar-refractivity contribution in [3.63, 3.8) is 0 Å². The molecule has 5 fully saturated rings. The summed E-state index contributed by atoms with van der Waals surface area (Å²) in [6.07, 6.45) is 9.44. The summed E-state index contributed by atoms with van der Waals surface area (Å²) in [5.41, 5.74) is -0.287. The molecule has 33 heavy (non-hydrogen) atoms. The van der Waals surface area contributed by atoms with Crippen molar-refractivity contribution in [2.24, 2.45) is 56.7 Å². The number of carboxylic acids is 1. The van der Waals surface area contributed by atoms with Crippen LogP contribution in [-0.4, -0.2) is 28.1 Å². The van der Waals surface area contributed by atoms with Crippen molar-refractivity contribution in [2.45, 2.75) is 112 Å². The summed E-state index contributed by atoms with van der Waals surface area (Å²) in [4.78, 5) is 25.4. The van der Waals surface area contributed by atoms with Crippen LogP contribution in [0.1, 0.15) is 106 Å². The van der Waals surface area contributed by atoms with Crippen LogP contribution in [0.25, 0.3) is 0 Å². The summed E-state index contributed by atoms with van der Waals surface area (Å²) in [6, 6.07) is 0. The monoisotopic (exact) mass is 458 g/mol. The second-order valence-corrected chi connectivity index (χ2v) is 14.3. The highest BCUT2D eigenvalue weighted by atomic mass is 16.4. The van der Waals surface area contributed by atoms with Crippen molar-refractivity contribution in [1.29, 1.82) is 0 Å². The van der Waals surface area contributed by atoms with E-state index in [0.29, 0.717) is 24.2 Å². The van der Waals surface area contributed by atoms with Crippen LogP contribution in [0, 0.1) is 56.7 Å². The number of aliphatic carboxylic acids is 1. The fourth-order valence-electron chi connectivity index (χ4n) is 11.4. The molecule has 0 heterocycles. The smallest absolute Gasteiger partial charge is 0.309 e. The van der Waals surface area contributed by atoms with Crippen LogP contribution in [0.4, 0.5) is 0 Å². The number of carbonyl (C=O) groups is 2. The lowest BCUT2D eigenvalue weighted by atomic mass is 9.32. The molecule has 4 heteroatoms. The van der Waals surface area contributed by atoms with E-state index in [0.717, 1.165) is 51.4 Å². The minimum atomic E-state index is -0.693. The Balaban J connectivity index is 1.57. The molecular weight excluding hydrogens is 412 g/mol. The summed E-state index contributed by atoms with van der Waals surface area (Å²) in [7, 11) is 0. The molecule has 2 N–H and O–H groups in total. The second kappa shape index (κ2) is 7.08. The van der Waals surface area contributed by atoms with Gasteiger partial charge in [0.2, 0.25) is 0 Å². The molecule has 0 amide bonds. The first kappa shape index (κ1) is 23.8. The normalized spacial score (nSPS) is 55.0. The molecule has 0 aromatic carbocycles. The van der Waals surface area contributed by atoms with Crippen molar-refractivity contribution in [1.82, 2.24) is 0 Å². The number of aliphatic hydroxyl groups excluding tert-OH is 1. The summed E-state index contributed by atoms with van der Waals surface area (Å²) >= 11 is 0. The Bertz CT molecular complexity index is 864. The highest BCUT2D eigenvalue weighted by molar-refractivity contribution is 5.83. The van der Waals surface area contributed by atoms with E-state index in [2.05, 4.69) is 34.6 Å². The lowest BCUT2D eigenvalue weighted by Gasteiger charge is -2.72. The average molecular weight is 459 g/mol. The van der Waals surface area contributed by atoms with Gasteiger partial charge in [-0.15, -0.1) is 0 Å². The third-order valence-corrected chi connectivity index (χ3v) is 13.4. The zero-order chi connectivity index (χ0) is 24.2. The van der Waals surface area contributed by atoms with Crippen LogP contribution in [-0.2, 0) is 9.59 Å². The highest BCUT2D eigenvalue weighted by Gasteiger charge is 2.72. The van der Waals surface area contributed by atoms with Gasteiger partial charge in [-0.25, -0.2) is 0 Å². The molecule has 0 radical (unpaired) electrons. The number of hydrogen-bond acceptors (Lipinski definition) is 3. The first-order valence-electron chi connectivity index (χ1n) is 13.7. The number of rotatable bonds is 2. The zero-order valence-corrected chi connectivity index (χ0v) is 21.7. The first-order chi connectivity index (χ1) is 15.3. The van der Waals surface area contributed by atoms with Gasteiger partial charge in [-0.05, 0) is 116 Å². The standard InChI is InChI=1S/C29H46O4/c1-17(30)18-9-14-29(24(32)33)16-15-27(5)19(23(18)29)7-8-21-26(4)12-11-22(31)25(2,3)20(26)10-13-28(21,27)6/h18-23,31H,7-16H2,1-6H3,(H,32,33)/t18-,19+,20-,21-,22-,23+,26-,27+,28+,29-/m0/s1. The Morgan fingerprint density at radius 1 is 0.758 bits per heavy atom. The molecule has 0 aliphatic heterocycles. The number of fused-ring (bicyclic) bond motifs is 7. The Labute approximate surface area is 200 Å². The number of carboxylic acid groups (broad SMARTS) is 1. The maximum Gasteiger partial charge on any atom is 0.309 e. The molecule has 186 valence electrons. The topological polar surface area (TPSA) is 74.6 Å². The molecule has 5 aliphatic rings. The quantitative estimate of drug-likeness (QED) is 0.524. The minimum absolute atomic E-state index is 0.000765. The maximum absolute atomic E-state index is 12.7. The fourth-order valence-corrected chi connectivity index (χ4v) is 11.4. The van der Waals surface area contributed by atoms with Crippen molar-refractivity contribution < 1.29 is 19.8 Å². The Hall–Kier alpha value is -0.900. The van der Waals surface area contributed by atoms with Crippen molar-refractivity contribution in [2.75, 3.05) is 0 Å². The van der Waals surface area contributed by atoms with Crippen molar-refractivity contribution in [3.05, 3.63) is 0 Å². The molecule has 0 bridgehead atoms. The predicted molar refractivity (Wildman–Crippen MR) is 128 cm³/mol. The van der Waals surface area contributed by atoms with Gasteiger partial charge in [0.15, 0.2) is 0 Å². The third kappa shape index (κ3) is 2.74. The lowest BCUT2D eigenvalue weighted by molar-refractivity contribution is -0.248. The Morgan fingerprint density at radius 2 is 1.45 bits per heavy atom. The van der Waals surface area contributed by atoms with Gasteiger partial charge in [-0.2, -0.15) is 0 Å². The Morgan fingerprint density at radius 3 is 2.09 bits per heavy atom. The van der Waals surface area contributed by atoms with E-state index in [-0.39, 0.29) is 45.4 Å². The summed E-state index contributed by atoms with van der Waals surface area (Å²) in [6.45, 7) is 13.8. The van der Waals surface area contributed by atoms with Gasteiger partial charge in [-0.3, -0.25) is 9.59 Å². The molecule has 4 nitrogen and oxygen atoms in total. The van der Waals surface area contributed by atoms with E-state index in [1.165, 1.54) is 6.42 Å². The molecule has 5 aliphatic carbocycles. The van der Waals surface area contributed by atoms with E-state index in [1.807, 2.05) is 0 Å². The van der Waals surface area contributed by atoms with Crippen LogP contribution in [0.2, 0.25) is 0 Å². The summed E-state index contributed by atoms with van der Waals surface area (Å²) in [5.74, 6) is 0.932. The highest BCUT2D eigenvalue weighted by Crippen LogP contribution is 2.77. The van der Waals surface area contributed by atoms with Crippen LogP contribution in [0.15, 0.2) is 0 Å². The zero-order valence-electron chi connectivity index (χ0n) is 21.7. The number of Topliss-reactive ketones (excluding diaryl/α,β-unsaturated/α-hetero) is 1. The average Bonchev–Trinajstić information content (AvgIpc) is 3.13. The van der Waals surface area contributed by atoms with Crippen LogP contribution in [0.5, 0.6) is 0 Å². The van der Waals surface area contributed by atoms with E-state index in [4.69, 9.17) is 0 Å². The molecule has 10 atom stereocenters. The van der Waals surface area contributed by atoms with Gasteiger partial charge in [0.25, 0.3) is 0 Å². The largest absolute Gasteiger partial charge is 0.481 e. The molecule has 0 unspecified atom stereocenters. The second-order valence-electron chi connectivity index (χ2n) is 14.3. The van der Waals surface area contributed by atoms with E-state index >= 15 is 0 Å². The first-order valence-corrected chi connectivity index (χ1v) is 13.7. The fraction of sp³-hybridized carbons (Fsp3) is 0.931. The molecular formula is C29H46O4. The lowest BCUT2D eigenvalue weighted by Crippen LogP contribution is -2.67. The molecule has 0 aromatic heterocycles. The molecule has 0 spiro atoms. The van der Waals surface area contributed by atoms with Gasteiger partial charge in [-0.1, -0.05) is 34.6 Å². The van der Waals surface area contributed by atoms with E-state index < -0.39 is 11.4 Å². The summed E-state index contributed by atoms with van der Waals surface area (Å²) < 4.78 is 0. The van der Waals surface area contributed by atoms with E-state index in [9.17, 15) is 19.8 Å². The van der Waals surface area contributed by atoms with Crippen molar-refractivity contribution >= 4 is 11.8 Å². The predicted octanol–water partition coefficient (Wildman–Crippen LogP) is 6.10. The van der Waals surface area contributed by atoms with Gasteiger partial charge >= 0.3 is 5.97 Å². The SMILES string of the molecule is CC(=O)[C@@H]1CC[C@]2(C(=O)O)CC[C@]3(C)[C@H](CC[C@H]4[C@@]5(C)CC[C@H](O)C(C)(C)[C@@H]5CC[C@]43C)[C@@H]12. The number of ketones is 1. The van der Waals surface area contributed by atoms with Crippen LogP contribution < -0.4 is 0 Å². The van der Waals surface area contributed by atoms with Gasteiger partial charge in [0.1, 0.15) is 5.78 Å². The van der Waals surface area contributed by atoms with Crippen molar-refractivity contribution in [3.8, 4) is 0 Å². The van der Waals surface area contributed by atoms with Crippen LogP contribution in [0.3, 0.4) is 0 Å². The third-order valence-electron chi connectivity index (χ3n) is 13.4. The van der Waals surface area contributed by atoms with Gasteiger partial charge in [0.05, 0.1) is 11.5 Å². The minimum Gasteiger partial charge on any atom is -0.481 e. The van der Waals surface area contributed by atoms with E-state index in [1.54, 1.807) is 6.92 Å². The molecule has 5 rings (SSSR count). The summed E-state index contributed by atoms with van der Waals surface area (Å²) in [5, 5.41) is 21.3. The molecule has 0 saturated heterocycles. The Kier molecular flexibility index (Phi) is 5.11. The molecule has 5 saturated carbocycles. The maximum atomic E-state index is 12.7. The number of hydrogen-bond donors (Lipinski definition) is 2.